The zero-order chi connectivity index (χ0) is 12.2. The molecular weight excluding hydrogens is 220 g/mol. The van der Waals surface area contributed by atoms with Crippen molar-refractivity contribution in [2.45, 2.75) is 63.5 Å². The first-order valence-corrected chi connectivity index (χ1v) is 8.23. The van der Waals surface area contributed by atoms with Crippen LogP contribution in [0, 0.1) is 17.8 Å². The summed E-state index contributed by atoms with van der Waals surface area (Å²) in [5.74, 6) is 3.25. The van der Waals surface area contributed by atoms with E-state index in [1.807, 2.05) is 0 Å². The van der Waals surface area contributed by atoms with Gasteiger partial charge in [0.2, 0.25) is 0 Å². The summed E-state index contributed by atoms with van der Waals surface area (Å²) in [6.07, 6.45) is 10.6. The van der Waals surface area contributed by atoms with Crippen LogP contribution in [0.15, 0.2) is 0 Å². The predicted octanol–water partition coefficient (Wildman–Crippen LogP) is 2.64. The lowest BCUT2D eigenvalue weighted by Gasteiger charge is -2.61. The monoisotopic (exact) mass is 248 g/mol. The first-order chi connectivity index (χ1) is 8.75. The molecule has 1 atom stereocenters. The normalized spacial score (nSPS) is 52.5. The Kier molecular flexibility index (Phi) is 2.74. The van der Waals surface area contributed by atoms with Crippen molar-refractivity contribution in [2.24, 2.45) is 17.8 Å². The van der Waals surface area contributed by atoms with Crippen LogP contribution in [0.5, 0.6) is 0 Å². The lowest BCUT2D eigenvalue weighted by atomic mass is 9.52. The Morgan fingerprint density at radius 2 is 1.56 bits per heavy atom. The number of hydrogen-bond donors (Lipinski definition) is 1. The van der Waals surface area contributed by atoms with Gasteiger partial charge in [-0.05, 0) is 76.2 Å². The molecule has 1 heterocycles. The highest BCUT2D eigenvalue weighted by Crippen LogP contribution is 2.58. The van der Waals surface area contributed by atoms with E-state index in [1.54, 1.807) is 19.3 Å². The van der Waals surface area contributed by atoms with Gasteiger partial charge in [-0.3, -0.25) is 4.90 Å². The molecule has 18 heavy (non-hydrogen) atoms. The molecule has 102 valence electrons. The van der Waals surface area contributed by atoms with Gasteiger partial charge in [0.25, 0.3) is 0 Å². The average Bonchev–Trinajstić information content (AvgIpc) is 2.52. The van der Waals surface area contributed by atoms with Crippen molar-refractivity contribution in [1.82, 2.24) is 10.2 Å². The van der Waals surface area contributed by atoms with E-state index < -0.39 is 0 Å². The third-order valence-corrected chi connectivity index (χ3v) is 6.42. The minimum atomic E-state index is 0.625. The molecule has 5 aliphatic rings. The van der Waals surface area contributed by atoms with E-state index in [4.69, 9.17) is 0 Å². The lowest BCUT2D eigenvalue weighted by Crippen LogP contribution is -2.62. The summed E-state index contributed by atoms with van der Waals surface area (Å²) in [5, 5.41) is 3.60. The van der Waals surface area contributed by atoms with Crippen LogP contribution >= 0.6 is 0 Å². The largest absolute Gasteiger partial charge is 0.315 e. The minimum absolute atomic E-state index is 0.625. The molecule has 1 aliphatic heterocycles. The van der Waals surface area contributed by atoms with Crippen LogP contribution in [-0.2, 0) is 0 Å². The van der Waals surface area contributed by atoms with Gasteiger partial charge in [-0.15, -0.1) is 0 Å². The quantitative estimate of drug-likeness (QED) is 0.767. The molecule has 0 amide bonds. The summed E-state index contributed by atoms with van der Waals surface area (Å²) in [7, 11) is 0. The van der Waals surface area contributed by atoms with Gasteiger partial charge in [0.05, 0.1) is 0 Å². The first-order valence-electron chi connectivity index (χ1n) is 8.23. The van der Waals surface area contributed by atoms with Crippen molar-refractivity contribution in [1.29, 1.82) is 0 Å². The van der Waals surface area contributed by atoms with Crippen molar-refractivity contribution in [3.63, 3.8) is 0 Å². The molecule has 1 N–H and O–H groups in total. The maximum Gasteiger partial charge on any atom is 0.0220 e. The molecule has 0 aromatic heterocycles. The Balaban J connectivity index is 1.62. The van der Waals surface area contributed by atoms with Crippen LogP contribution in [-0.4, -0.2) is 36.1 Å². The van der Waals surface area contributed by atoms with Gasteiger partial charge in [-0.1, -0.05) is 0 Å². The zero-order valence-electron chi connectivity index (χ0n) is 11.8. The molecule has 4 saturated carbocycles. The topological polar surface area (TPSA) is 15.3 Å². The Bertz CT molecular complexity index is 290. The molecule has 2 heteroatoms. The van der Waals surface area contributed by atoms with Gasteiger partial charge in [0.1, 0.15) is 0 Å². The van der Waals surface area contributed by atoms with E-state index in [0.717, 1.165) is 23.8 Å². The number of hydrogen-bond acceptors (Lipinski definition) is 2. The number of rotatable bonds is 1. The molecule has 1 saturated heterocycles. The fourth-order valence-corrected chi connectivity index (χ4v) is 6.13. The predicted molar refractivity (Wildman–Crippen MR) is 74.6 cm³/mol. The van der Waals surface area contributed by atoms with Crippen LogP contribution in [0.1, 0.15) is 51.9 Å². The number of nitrogens with zero attached hydrogens (tertiary/aromatic N) is 1. The Morgan fingerprint density at radius 1 is 0.944 bits per heavy atom. The van der Waals surface area contributed by atoms with Crippen molar-refractivity contribution in [2.75, 3.05) is 19.6 Å². The van der Waals surface area contributed by atoms with Gasteiger partial charge >= 0.3 is 0 Å². The van der Waals surface area contributed by atoms with Crippen molar-refractivity contribution in [3.8, 4) is 0 Å². The summed E-state index contributed by atoms with van der Waals surface area (Å²) in [4.78, 5) is 2.94. The SMILES string of the molecule is CC1CCNCCN1C12CC3CC(CC(C3)C1)C2. The van der Waals surface area contributed by atoms with Crippen LogP contribution in [0.4, 0.5) is 0 Å². The molecule has 0 spiro atoms. The summed E-state index contributed by atoms with van der Waals surface area (Å²) in [6, 6.07) is 0.802. The van der Waals surface area contributed by atoms with Gasteiger partial charge < -0.3 is 5.32 Å². The highest BCUT2D eigenvalue weighted by molar-refractivity contribution is 5.08. The molecule has 0 aromatic rings. The number of nitrogens with one attached hydrogen (secondary N) is 1. The van der Waals surface area contributed by atoms with E-state index in [2.05, 4.69) is 17.1 Å². The summed E-state index contributed by atoms with van der Waals surface area (Å²) < 4.78 is 0. The summed E-state index contributed by atoms with van der Waals surface area (Å²) >= 11 is 0. The van der Waals surface area contributed by atoms with E-state index in [1.165, 1.54) is 45.3 Å². The Morgan fingerprint density at radius 3 is 2.17 bits per heavy atom. The second kappa shape index (κ2) is 4.21. The lowest BCUT2D eigenvalue weighted by molar-refractivity contribution is -0.0999. The second-order valence-corrected chi connectivity index (χ2v) is 7.72. The summed E-state index contributed by atoms with van der Waals surface area (Å²) in [5.41, 5.74) is 0.625. The van der Waals surface area contributed by atoms with Crippen LogP contribution in [0.2, 0.25) is 0 Å². The standard InChI is InChI=1S/C16H28N2/c1-12-2-3-17-4-5-18(12)16-9-13-6-14(10-16)8-15(7-13)11-16/h12-15,17H,2-11H2,1H3. The van der Waals surface area contributed by atoms with Crippen LogP contribution in [0.3, 0.4) is 0 Å². The molecule has 5 rings (SSSR count). The van der Waals surface area contributed by atoms with E-state index >= 15 is 0 Å². The fourth-order valence-electron chi connectivity index (χ4n) is 6.13. The smallest absolute Gasteiger partial charge is 0.0220 e. The van der Waals surface area contributed by atoms with Crippen molar-refractivity contribution >= 4 is 0 Å². The second-order valence-electron chi connectivity index (χ2n) is 7.72. The summed E-state index contributed by atoms with van der Waals surface area (Å²) in [6.45, 7) is 6.22. The van der Waals surface area contributed by atoms with Gasteiger partial charge in [-0.25, -0.2) is 0 Å². The molecule has 0 radical (unpaired) electrons. The third kappa shape index (κ3) is 1.76. The van der Waals surface area contributed by atoms with E-state index in [-0.39, 0.29) is 0 Å². The molecule has 4 aliphatic carbocycles. The van der Waals surface area contributed by atoms with Gasteiger partial charge in [0, 0.05) is 24.7 Å². The van der Waals surface area contributed by atoms with Gasteiger partial charge in [-0.2, -0.15) is 0 Å². The van der Waals surface area contributed by atoms with E-state index in [9.17, 15) is 0 Å². The fraction of sp³-hybridized carbons (Fsp3) is 1.00. The molecule has 5 fully saturated rings. The zero-order valence-corrected chi connectivity index (χ0v) is 11.8. The molecule has 0 aromatic carbocycles. The van der Waals surface area contributed by atoms with Gasteiger partial charge in [0.15, 0.2) is 0 Å². The minimum Gasteiger partial charge on any atom is -0.315 e. The third-order valence-electron chi connectivity index (χ3n) is 6.42. The first kappa shape index (κ1) is 11.7. The Labute approximate surface area is 111 Å². The highest BCUT2D eigenvalue weighted by Gasteiger charge is 2.54. The maximum absolute atomic E-state index is 3.60. The van der Waals surface area contributed by atoms with Crippen molar-refractivity contribution < 1.29 is 0 Å². The van der Waals surface area contributed by atoms with E-state index in [0.29, 0.717) is 5.54 Å². The molecular formula is C16H28N2. The highest BCUT2D eigenvalue weighted by atomic mass is 15.3. The van der Waals surface area contributed by atoms with Crippen LogP contribution < -0.4 is 5.32 Å². The average molecular weight is 248 g/mol. The molecule has 2 nitrogen and oxygen atoms in total. The van der Waals surface area contributed by atoms with Crippen molar-refractivity contribution in [3.05, 3.63) is 0 Å². The molecule has 4 bridgehead atoms. The molecule has 1 unspecified atom stereocenters. The Hall–Kier alpha value is -0.0800. The maximum atomic E-state index is 3.60. The van der Waals surface area contributed by atoms with Crippen LogP contribution in [0.25, 0.3) is 0 Å².